The van der Waals surface area contributed by atoms with Gasteiger partial charge in [0.15, 0.2) is 0 Å². The molecule has 2 aromatic rings. The topological polar surface area (TPSA) is 62.5 Å². The molecule has 0 saturated carbocycles. The third-order valence-electron chi connectivity index (χ3n) is 2.37. The van der Waals surface area contributed by atoms with Crippen LogP contribution in [0, 0.1) is 6.92 Å². The fourth-order valence-corrected chi connectivity index (χ4v) is 1.54. The highest BCUT2D eigenvalue weighted by atomic mass is 35.5. The van der Waals surface area contributed by atoms with Gasteiger partial charge in [-0.25, -0.2) is 0 Å². The predicted molar refractivity (Wildman–Crippen MR) is 63.6 cm³/mol. The molecule has 4 nitrogen and oxygen atoms in total. The Morgan fingerprint density at radius 3 is 2.78 bits per heavy atom. The van der Waals surface area contributed by atoms with Crippen LogP contribution in [-0.2, 0) is 6.61 Å². The van der Waals surface area contributed by atoms with Crippen molar-refractivity contribution in [1.29, 1.82) is 0 Å². The number of halogens is 1. The van der Waals surface area contributed by atoms with Crippen LogP contribution < -0.4 is 9.84 Å². The van der Waals surface area contributed by atoms with Gasteiger partial charge in [-0.3, -0.25) is 0 Å². The van der Waals surface area contributed by atoms with Gasteiger partial charge in [-0.15, -0.1) is 0 Å². The van der Waals surface area contributed by atoms with Gasteiger partial charge in [0.25, 0.3) is 0 Å². The van der Waals surface area contributed by atoms with Crippen molar-refractivity contribution in [2.24, 2.45) is 0 Å². The van der Waals surface area contributed by atoms with Crippen LogP contribution in [0.5, 0.6) is 5.75 Å². The number of carbonyl (C=O) groups excluding carboxylic acids is 1. The van der Waals surface area contributed by atoms with Crippen LogP contribution in [0.4, 0.5) is 0 Å². The lowest BCUT2D eigenvalue weighted by Gasteiger charge is -2.06. The van der Waals surface area contributed by atoms with E-state index >= 15 is 0 Å². The Bertz CT molecular complexity index is 574. The molecule has 0 aliphatic carbocycles. The smallest absolute Gasteiger partial charge is 0.149 e. The molecule has 0 fully saturated rings. The molecule has 0 spiro atoms. The summed E-state index contributed by atoms with van der Waals surface area (Å²) in [5, 5.41) is 11.2. The Hall–Kier alpha value is -1.94. The normalized spacial score (nSPS) is 10.3. The van der Waals surface area contributed by atoms with Gasteiger partial charge in [-0.05, 0) is 42.8 Å². The maximum Gasteiger partial charge on any atom is 0.149 e. The van der Waals surface area contributed by atoms with E-state index in [2.05, 4.69) is 0 Å². The number of hydrogen-bond acceptors (Lipinski definition) is 4. The van der Waals surface area contributed by atoms with Crippen LogP contribution >= 0.6 is 11.6 Å². The van der Waals surface area contributed by atoms with E-state index in [0.29, 0.717) is 16.5 Å². The average molecular weight is 266 g/mol. The second kappa shape index (κ2) is 5.14. The van der Waals surface area contributed by atoms with Crippen LogP contribution in [0.3, 0.4) is 0 Å². The first kappa shape index (κ1) is 12.5. The largest absolute Gasteiger partial charge is 0.542 e. The average Bonchev–Trinajstić information content (AvgIpc) is 2.79. The van der Waals surface area contributed by atoms with E-state index in [-0.39, 0.29) is 12.4 Å². The first-order valence-corrected chi connectivity index (χ1v) is 5.63. The highest BCUT2D eigenvalue weighted by molar-refractivity contribution is 6.31. The first-order valence-electron chi connectivity index (χ1n) is 5.25. The number of carboxylic acid groups (broad SMARTS) is 1. The molecule has 2 rings (SSSR count). The summed E-state index contributed by atoms with van der Waals surface area (Å²) in [5.41, 5.74) is 0.907. The molecule has 1 heterocycles. The molecule has 0 aliphatic rings. The van der Waals surface area contributed by atoms with Crippen molar-refractivity contribution in [2.45, 2.75) is 13.5 Å². The molecule has 0 amide bonds. The minimum atomic E-state index is -1.34. The van der Waals surface area contributed by atoms with Crippen LogP contribution in [0.15, 0.2) is 34.7 Å². The third kappa shape index (κ3) is 2.84. The summed E-state index contributed by atoms with van der Waals surface area (Å²) >= 11 is 5.89. The summed E-state index contributed by atoms with van der Waals surface area (Å²) in [6.07, 6.45) is 0. The Morgan fingerprint density at radius 1 is 1.39 bits per heavy atom. The summed E-state index contributed by atoms with van der Waals surface area (Å²) in [7, 11) is 0. The molecular formula is C13H10ClO4-. The van der Waals surface area contributed by atoms with E-state index in [0.717, 1.165) is 5.56 Å². The Labute approximate surface area is 109 Å². The molecule has 0 atom stereocenters. The molecule has 0 unspecified atom stereocenters. The summed E-state index contributed by atoms with van der Waals surface area (Å²) < 4.78 is 10.5. The molecule has 94 valence electrons. The molecule has 18 heavy (non-hydrogen) atoms. The minimum absolute atomic E-state index is 0.147. The van der Waals surface area contributed by atoms with Gasteiger partial charge in [-0.2, -0.15) is 0 Å². The van der Waals surface area contributed by atoms with Crippen molar-refractivity contribution < 1.29 is 19.1 Å². The third-order valence-corrected chi connectivity index (χ3v) is 2.80. The quantitative estimate of drug-likeness (QED) is 0.850. The van der Waals surface area contributed by atoms with E-state index < -0.39 is 5.97 Å². The molecule has 0 aliphatic heterocycles. The Kier molecular flexibility index (Phi) is 3.58. The summed E-state index contributed by atoms with van der Waals surface area (Å²) in [4.78, 5) is 10.5. The summed E-state index contributed by atoms with van der Waals surface area (Å²) in [6.45, 7) is 2.02. The maximum atomic E-state index is 10.5. The second-order valence-corrected chi connectivity index (χ2v) is 4.16. The second-order valence-electron chi connectivity index (χ2n) is 3.75. The number of rotatable bonds is 4. The van der Waals surface area contributed by atoms with Crippen molar-refractivity contribution >= 4 is 17.6 Å². The SMILES string of the molecule is Cc1cc(OCc2ccc(C(=O)[O-])o2)ccc1Cl. The van der Waals surface area contributed by atoms with Crippen molar-refractivity contribution in [3.05, 3.63) is 52.4 Å². The number of aromatic carboxylic acids is 1. The van der Waals surface area contributed by atoms with Gasteiger partial charge < -0.3 is 19.1 Å². The van der Waals surface area contributed by atoms with Crippen LogP contribution in [0.2, 0.25) is 5.02 Å². The molecule has 0 radical (unpaired) electrons. The predicted octanol–water partition coefficient (Wildman–Crippen LogP) is 2.18. The van der Waals surface area contributed by atoms with Crippen molar-refractivity contribution in [3.63, 3.8) is 0 Å². The fourth-order valence-electron chi connectivity index (χ4n) is 1.43. The van der Waals surface area contributed by atoms with E-state index in [1.807, 2.05) is 6.92 Å². The van der Waals surface area contributed by atoms with Gasteiger partial charge in [0.05, 0.1) is 0 Å². The Balaban J connectivity index is 2.02. The molecule has 1 aromatic carbocycles. The lowest BCUT2D eigenvalue weighted by molar-refractivity contribution is -0.257. The molecule has 5 heteroatoms. The Morgan fingerprint density at radius 2 is 2.17 bits per heavy atom. The van der Waals surface area contributed by atoms with E-state index in [1.54, 1.807) is 18.2 Å². The zero-order chi connectivity index (χ0) is 13.1. The summed E-state index contributed by atoms with van der Waals surface area (Å²) in [5.74, 6) is -0.491. The zero-order valence-electron chi connectivity index (χ0n) is 9.60. The van der Waals surface area contributed by atoms with Crippen LogP contribution in [0.1, 0.15) is 21.9 Å². The minimum Gasteiger partial charge on any atom is -0.542 e. The van der Waals surface area contributed by atoms with Gasteiger partial charge in [0.2, 0.25) is 0 Å². The molecule has 0 N–H and O–H groups in total. The number of carbonyl (C=O) groups is 1. The molecule has 0 saturated heterocycles. The lowest BCUT2D eigenvalue weighted by atomic mass is 10.2. The maximum absolute atomic E-state index is 10.5. The van der Waals surface area contributed by atoms with Gasteiger partial charge in [0, 0.05) is 5.02 Å². The number of ether oxygens (including phenoxy) is 1. The monoisotopic (exact) mass is 265 g/mol. The fraction of sp³-hybridized carbons (Fsp3) is 0.154. The van der Waals surface area contributed by atoms with Gasteiger partial charge >= 0.3 is 0 Å². The molecule has 1 aromatic heterocycles. The molecule has 0 bridgehead atoms. The van der Waals surface area contributed by atoms with E-state index in [1.165, 1.54) is 12.1 Å². The summed E-state index contributed by atoms with van der Waals surface area (Å²) in [6, 6.07) is 8.14. The zero-order valence-corrected chi connectivity index (χ0v) is 10.4. The standard InChI is InChI=1S/C13H11ClO4/c1-8-6-9(2-4-11(8)14)17-7-10-3-5-12(18-10)13(15)16/h2-6H,7H2,1H3,(H,15,16)/p-1. The number of aryl methyl sites for hydroxylation is 1. The van der Waals surface area contributed by atoms with Gasteiger partial charge in [0.1, 0.15) is 29.8 Å². The van der Waals surface area contributed by atoms with E-state index in [4.69, 9.17) is 20.8 Å². The van der Waals surface area contributed by atoms with Crippen LogP contribution in [0.25, 0.3) is 0 Å². The van der Waals surface area contributed by atoms with E-state index in [9.17, 15) is 9.90 Å². The number of benzene rings is 1. The number of furan rings is 1. The van der Waals surface area contributed by atoms with Crippen molar-refractivity contribution in [3.8, 4) is 5.75 Å². The lowest BCUT2D eigenvalue weighted by Crippen LogP contribution is -2.21. The highest BCUT2D eigenvalue weighted by Gasteiger charge is 2.04. The molecular weight excluding hydrogens is 256 g/mol. The number of carboxylic acids is 1. The highest BCUT2D eigenvalue weighted by Crippen LogP contribution is 2.22. The van der Waals surface area contributed by atoms with Gasteiger partial charge in [-0.1, -0.05) is 11.6 Å². The number of hydrogen-bond donors (Lipinski definition) is 0. The first-order chi connectivity index (χ1) is 8.56. The van der Waals surface area contributed by atoms with Crippen LogP contribution in [-0.4, -0.2) is 5.97 Å². The van der Waals surface area contributed by atoms with Crippen molar-refractivity contribution in [2.75, 3.05) is 0 Å². The van der Waals surface area contributed by atoms with Crippen molar-refractivity contribution in [1.82, 2.24) is 0 Å².